The molecule has 18 heavy (non-hydrogen) atoms. The quantitative estimate of drug-likeness (QED) is 0.842. The van der Waals surface area contributed by atoms with Crippen molar-refractivity contribution >= 4 is 22.6 Å². The van der Waals surface area contributed by atoms with Crippen LogP contribution in [0.3, 0.4) is 0 Å². The summed E-state index contributed by atoms with van der Waals surface area (Å²) in [6.45, 7) is 0.506. The van der Waals surface area contributed by atoms with E-state index in [0.717, 1.165) is 27.8 Å². The largest absolute Gasteiger partial charge is 0.326 e. The van der Waals surface area contributed by atoms with E-state index in [4.69, 9.17) is 10.7 Å². The fraction of sp³-hybridized carbons (Fsp3) is 0.385. The number of fused-ring (bicyclic) bond motifs is 1. The predicted molar refractivity (Wildman–Crippen MR) is 78.6 cm³/mol. The molecule has 0 saturated carbocycles. The van der Waals surface area contributed by atoms with Crippen molar-refractivity contribution in [3.8, 4) is 5.82 Å². The number of nitrogens with zero attached hydrogens (tertiary/aromatic N) is 3. The van der Waals surface area contributed by atoms with Crippen LogP contribution in [-0.2, 0) is 19.4 Å². The van der Waals surface area contributed by atoms with Crippen molar-refractivity contribution in [2.45, 2.75) is 32.2 Å². The van der Waals surface area contributed by atoms with E-state index in [0.29, 0.717) is 6.54 Å². The van der Waals surface area contributed by atoms with Gasteiger partial charge in [0.1, 0.15) is 0 Å². The smallest absolute Gasteiger partial charge is 0.158 e. The first-order valence-electron chi connectivity index (χ1n) is 6.20. The van der Waals surface area contributed by atoms with Crippen molar-refractivity contribution < 1.29 is 0 Å². The van der Waals surface area contributed by atoms with E-state index in [2.05, 4.69) is 33.8 Å². The molecule has 94 valence electrons. The Balaban J connectivity index is 2.12. The zero-order valence-corrected chi connectivity index (χ0v) is 12.2. The summed E-state index contributed by atoms with van der Waals surface area (Å²) in [5.74, 6) is 0.890. The third kappa shape index (κ3) is 2.16. The molecule has 5 heteroatoms. The number of pyridine rings is 1. The minimum Gasteiger partial charge on any atom is -0.326 e. The number of hydrogen-bond acceptors (Lipinski definition) is 3. The number of aryl methyl sites for hydroxylation is 2. The molecule has 0 aromatic carbocycles. The highest BCUT2D eigenvalue weighted by Gasteiger charge is 2.15. The summed E-state index contributed by atoms with van der Waals surface area (Å²) in [7, 11) is 0. The van der Waals surface area contributed by atoms with Crippen molar-refractivity contribution in [3.63, 3.8) is 0 Å². The van der Waals surface area contributed by atoms with Gasteiger partial charge < -0.3 is 5.73 Å². The van der Waals surface area contributed by atoms with E-state index in [-0.39, 0.29) is 0 Å². The fourth-order valence-electron chi connectivity index (χ4n) is 2.44. The Morgan fingerprint density at radius 2 is 2.17 bits per heavy atom. The molecule has 1 aliphatic rings. The normalized spacial score (nSPS) is 14.6. The second-order valence-electron chi connectivity index (χ2n) is 4.59. The molecule has 0 radical (unpaired) electrons. The molecule has 2 N–H and O–H groups in total. The molecule has 0 amide bonds. The first-order valence-corrected chi connectivity index (χ1v) is 7.28. The van der Waals surface area contributed by atoms with Crippen LogP contribution < -0.4 is 5.73 Å². The molecule has 2 aromatic heterocycles. The van der Waals surface area contributed by atoms with Crippen molar-refractivity contribution in [1.29, 1.82) is 0 Å². The molecule has 0 bridgehead atoms. The third-order valence-corrected chi connectivity index (χ3v) is 3.90. The molecule has 2 heterocycles. The van der Waals surface area contributed by atoms with E-state index in [1.807, 2.05) is 17.1 Å². The summed E-state index contributed by atoms with van der Waals surface area (Å²) >= 11 is 2.25. The number of halogens is 1. The molecule has 4 nitrogen and oxygen atoms in total. The van der Waals surface area contributed by atoms with Crippen LogP contribution in [0.4, 0.5) is 0 Å². The summed E-state index contributed by atoms with van der Waals surface area (Å²) in [5, 5.41) is 4.33. The van der Waals surface area contributed by atoms with Gasteiger partial charge in [-0.05, 0) is 59.9 Å². The lowest BCUT2D eigenvalue weighted by molar-refractivity contribution is 0.658. The standard InChI is InChI=1S/C13H15IN4/c14-11-7-16-18(8-11)13-10(6-15)5-9-3-1-2-4-12(9)17-13/h5,7-8H,1-4,6,15H2. The Labute approximate surface area is 120 Å². The van der Waals surface area contributed by atoms with Crippen LogP contribution in [0.5, 0.6) is 0 Å². The maximum absolute atomic E-state index is 5.84. The van der Waals surface area contributed by atoms with Gasteiger partial charge in [0.05, 0.1) is 9.77 Å². The first kappa shape index (κ1) is 12.1. The summed E-state index contributed by atoms with van der Waals surface area (Å²) in [4.78, 5) is 4.78. The first-order chi connectivity index (χ1) is 8.78. The van der Waals surface area contributed by atoms with Crippen molar-refractivity contribution in [1.82, 2.24) is 14.8 Å². The average Bonchev–Trinajstić information content (AvgIpc) is 2.83. The minimum absolute atomic E-state index is 0.506. The van der Waals surface area contributed by atoms with Gasteiger partial charge in [0.25, 0.3) is 0 Å². The number of aromatic nitrogens is 3. The molecule has 0 unspecified atom stereocenters. The molecular weight excluding hydrogens is 339 g/mol. The SMILES string of the molecule is NCc1cc2c(nc1-n1cc(I)cn1)CCCC2. The van der Waals surface area contributed by atoms with Crippen LogP contribution >= 0.6 is 22.6 Å². The predicted octanol–water partition coefficient (Wildman–Crippen LogP) is 2.21. The molecule has 0 spiro atoms. The highest BCUT2D eigenvalue weighted by Crippen LogP contribution is 2.24. The van der Waals surface area contributed by atoms with Crippen LogP contribution in [-0.4, -0.2) is 14.8 Å². The average molecular weight is 354 g/mol. The summed E-state index contributed by atoms with van der Waals surface area (Å²) in [6.07, 6.45) is 8.52. The monoisotopic (exact) mass is 354 g/mol. The molecule has 0 aliphatic heterocycles. The highest BCUT2D eigenvalue weighted by atomic mass is 127. The van der Waals surface area contributed by atoms with Gasteiger partial charge in [0, 0.05) is 24.0 Å². The van der Waals surface area contributed by atoms with Crippen LogP contribution in [0.25, 0.3) is 5.82 Å². The van der Waals surface area contributed by atoms with Gasteiger partial charge in [-0.3, -0.25) is 0 Å². The lowest BCUT2D eigenvalue weighted by Gasteiger charge is -2.18. The van der Waals surface area contributed by atoms with Gasteiger partial charge in [0.2, 0.25) is 0 Å². The Bertz CT molecular complexity index is 576. The van der Waals surface area contributed by atoms with Gasteiger partial charge in [0.15, 0.2) is 5.82 Å². The second-order valence-corrected chi connectivity index (χ2v) is 5.84. The molecule has 0 saturated heterocycles. The van der Waals surface area contributed by atoms with Crippen LogP contribution in [0.15, 0.2) is 18.5 Å². The Hall–Kier alpha value is -0.950. The lowest BCUT2D eigenvalue weighted by atomic mass is 9.95. The topological polar surface area (TPSA) is 56.7 Å². The van der Waals surface area contributed by atoms with Crippen molar-refractivity contribution in [2.24, 2.45) is 5.73 Å². The van der Waals surface area contributed by atoms with Crippen LogP contribution in [0, 0.1) is 3.57 Å². The van der Waals surface area contributed by atoms with Crippen LogP contribution in [0.2, 0.25) is 0 Å². The Morgan fingerprint density at radius 1 is 1.33 bits per heavy atom. The summed E-state index contributed by atoms with van der Waals surface area (Å²) in [5.41, 5.74) is 9.51. The Kier molecular flexibility index (Phi) is 3.34. The van der Waals surface area contributed by atoms with Gasteiger partial charge in [-0.1, -0.05) is 0 Å². The van der Waals surface area contributed by atoms with E-state index in [1.54, 1.807) is 0 Å². The number of hydrogen-bond donors (Lipinski definition) is 1. The maximum atomic E-state index is 5.84. The lowest BCUT2D eigenvalue weighted by Crippen LogP contribution is -2.14. The number of rotatable bonds is 2. The maximum Gasteiger partial charge on any atom is 0.158 e. The van der Waals surface area contributed by atoms with E-state index in [9.17, 15) is 0 Å². The van der Waals surface area contributed by atoms with Crippen molar-refractivity contribution in [2.75, 3.05) is 0 Å². The Morgan fingerprint density at radius 3 is 2.89 bits per heavy atom. The second kappa shape index (κ2) is 4.97. The van der Waals surface area contributed by atoms with Crippen molar-refractivity contribution in [3.05, 3.63) is 38.9 Å². The van der Waals surface area contributed by atoms with Gasteiger partial charge >= 0.3 is 0 Å². The zero-order chi connectivity index (χ0) is 12.5. The molecule has 3 rings (SSSR count). The summed E-state index contributed by atoms with van der Waals surface area (Å²) in [6, 6.07) is 2.21. The molecule has 0 fully saturated rings. The molecule has 0 atom stereocenters. The fourth-order valence-corrected chi connectivity index (χ4v) is 2.82. The third-order valence-electron chi connectivity index (χ3n) is 3.34. The van der Waals surface area contributed by atoms with E-state index < -0.39 is 0 Å². The van der Waals surface area contributed by atoms with Crippen LogP contribution in [0.1, 0.15) is 29.7 Å². The highest BCUT2D eigenvalue weighted by molar-refractivity contribution is 14.1. The summed E-state index contributed by atoms with van der Waals surface area (Å²) < 4.78 is 2.94. The van der Waals surface area contributed by atoms with E-state index >= 15 is 0 Å². The minimum atomic E-state index is 0.506. The van der Waals surface area contributed by atoms with Gasteiger partial charge in [-0.2, -0.15) is 5.10 Å². The molecular formula is C13H15IN4. The zero-order valence-electron chi connectivity index (χ0n) is 10.1. The van der Waals surface area contributed by atoms with Gasteiger partial charge in [-0.15, -0.1) is 0 Å². The van der Waals surface area contributed by atoms with E-state index in [1.165, 1.54) is 24.1 Å². The molecule has 2 aromatic rings. The van der Waals surface area contributed by atoms with Gasteiger partial charge in [-0.25, -0.2) is 9.67 Å². The molecule has 1 aliphatic carbocycles. The number of nitrogens with two attached hydrogens (primary N) is 1.